The summed E-state index contributed by atoms with van der Waals surface area (Å²) in [4.78, 5) is 13.9. The SMILES string of the molecule is COc1cc(CC(=O)N(C)C(C)CN)cc(OC)c1OC.Cl. The highest BCUT2D eigenvalue weighted by molar-refractivity contribution is 5.85. The van der Waals surface area contributed by atoms with E-state index in [1.807, 2.05) is 6.92 Å². The number of hydrogen-bond donors (Lipinski definition) is 1. The van der Waals surface area contributed by atoms with Crippen molar-refractivity contribution in [2.45, 2.75) is 19.4 Å². The molecule has 1 amide bonds. The summed E-state index contributed by atoms with van der Waals surface area (Å²) in [7, 11) is 6.39. The third-order valence-electron chi connectivity index (χ3n) is 3.48. The molecular weight excluding hydrogens is 308 g/mol. The fraction of sp³-hybridized carbons (Fsp3) is 0.533. The second kappa shape index (κ2) is 9.38. The van der Waals surface area contributed by atoms with Crippen LogP contribution in [-0.4, -0.2) is 51.8 Å². The van der Waals surface area contributed by atoms with Crippen molar-refractivity contribution < 1.29 is 19.0 Å². The topological polar surface area (TPSA) is 74.0 Å². The first kappa shape index (κ1) is 20.3. The Labute approximate surface area is 137 Å². The maximum absolute atomic E-state index is 12.2. The Morgan fingerprint density at radius 2 is 1.68 bits per heavy atom. The Hall–Kier alpha value is -1.66. The number of nitrogens with two attached hydrogens (primary N) is 1. The van der Waals surface area contributed by atoms with Crippen molar-refractivity contribution >= 4 is 18.3 Å². The number of methoxy groups -OCH3 is 3. The van der Waals surface area contributed by atoms with Crippen LogP contribution < -0.4 is 19.9 Å². The standard InChI is InChI=1S/C15H24N2O4.ClH/c1-10(9-16)17(2)14(18)8-11-6-12(19-3)15(21-5)13(7-11)20-4;/h6-7,10H,8-9,16H2,1-5H3;1H. The summed E-state index contributed by atoms with van der Waals surface area (Å²) in [5.41, 5.74) is 6.38. The van der Waals surface area contributed by atoms with Gasteiger partial charge >= 0.3 is 0 Å². The number of nitrogens with zero attached hydrogens (tertiary/aromatic N) is 1. The minimum absolute atomic E-state index is 0. The Morgan fingerprint density at radius 3 is 2.05 bits per heavy atom. The fourth-order valence-corrected chi connectivity index (χ4v) is 1.94. The summed E-state index contributed by atoms with van der Waals surface area (Å²) in [6.45, 7) is 2.34. The van der Waals surface area contributed by atoms with Crippen LogP contribution in [0.5, 0.6) is 17.2 Å². The molecule has 0 saturated carbocycles. The number of carbonyl (C=O) groups excluding carboxylic acids is 1. The van der Waals surface area contributed by atoms with Crippen LogP contribution in [0.1, 0.15) is 12.5 Å². The predicted molar refractivity (Wildman–Crippen MR) is 88.3 cm³/mol. The Morgan fingerprint density at radius 1 is 1.18 bits per heavy atom. The van der Waals surface area contributed by atoms with Gasteiger partial charge in [-0.25, -0.2) is 0 Å². The van der Waals surface area contributed by atoms with E-state index in [4.69, 9.17) is 19.9 Å². The van der Waals surface area contributed by atoms with Crippen LogP contribution in [0.15, 0.2) is 12.1 Å². The van der Waals surface area contributed by atoms with Crippen LogP contribution in [0.4, 0.5) is 0 Å². The molecule has 2 N–H and O–H groups in total. The van der Waals surface area contributed by atoms with Gasteiger partial charge in [0.25, 0.3) is 0 Å². The monoisotopic (exact) mass is 332 g/mol. The molecule has 1 aromatic rings. The average Bonchev–Trinajstić information content (AvgIpc) is 2.51. The van der Waals surface area contributed by atoms with Gasteiger partial charge in [0, 0.05) is 19.6 Å². The van der Waals surface area contributed by atoms with Crippen molar-refractivity contribution in [1.29, 1.82) is 0 Å². The van der Waals surface area contributed by atoms with Gasteiger partial charge in [0.2, 0.25) is 11.7 Å². The Bertz CT molecular complexity index is 471. The molecule has 0 aromatic heterocycles. The van der Waals surface area contributed by atoms with E-state index < -0.39 is 0 Å². The van der Waals surface area contributed by atoms with Gasteiger partial charge in [0.05, 0.1) is 27.8 Å². The molecule has 0 fully saturated rings. The van der Waals surface area contributed by atoms with Crippen LogP contribution in [0.2, 0.25) is 0 Å². The molecule has 0 heterocycles. The fourth-order valence-electron chi connectivity index (χ4n) is 1.94. The van der Waals surface area contributed by atoms with E-state index in [9.17, 15) is 4.79 Å². The number of amides is 1. The Balaban J connectivity index is 0.00000441. The summed E-state index contributed by atoms with van der Waals surface area (Å²) in [5, 5.41) is 0. The van der Waals surface area contributed by atoms with Gasteiger partial charge in [-0.2, -0.15) is 0 Å². The van der Waals surface area contributed by atoms with Crippen LogP contribution in [0, 0.1) is 0 Å². The van der Waals surface area contributed by atoms with E-state index in [0.29, 0.717) is 23.8 Å². The molecule has 22 heavy (non-hydrogen) atoms. The van der Waals surface area contributed by atoms with Crippen molar-refractivity contribution in [1.82, 2.24) is 4.90 Å². The zero-order valence-corrected chi connectivity index (χ0v) is 14.5. The highest BCUT2D eigenvalue weighted by Gasteiger charge is 2.18. The summed E-state index contributed by atoms with van der Waals surface area (Å²) in [6, 6.07) is 3.56. The molecule has 0 aliphatic carbocycles. The van der Waals surface area contributed by atoms with E-state index in [-0.39, 0.29) is 30.8 Å². The maximum atomic E-state index is 12.2. The molecule has 0 bridgehead atoms. The quantitative estimate of drug-likeness (QED) is 0.818. The molecule has 0 saturated heterocycles. The van der Waals surface area contributed by atoms with Gasteiger partial charge < -0.3 is 24.8 Å². The zero-order valence-electron chi connectivity index (χ0n) is 13.7. The maximum Gasteiger partial charge on any atom is 0.227 e. The number of halogens is 1. The summed E-state index contributed by atoms with van der Waals surface area (Å²) in [5.74, 6) is 1.57. The lowest BCUT2D eigenvalue weighted by Gasteiger charge is -2.24. The number of benzene rings is 1. The van der Waals surface area contributed by atoms with Gasteiger partial charge in [-0.1, -0.05) is 0 Å². The molecule has 1 aromatic carbocycles. The molecule has 0 radical (unpaired) electrons. The van der Waals surface area contributed by atoms with E-state index in [1.165, 1.54) is 0 Å². The van der Waals surface area contributed by atoms with E-state index in [2.05, 4.69) is 0 Å². The van der Waals surface area contributed by atoms with Gasteiger partial charge in [-0.3, -0.25) is 4.79 Å². The number of ether oxygens (including phenoxy) is 3. The molecule has 0 aliphatic rings. The minimum atomic E-state index is -0.0118. The minimum Gasteiger partial charge on any atom is -0.493 e. The lowest BCUT2D eigenvalue weighted by Crippen LogP contribution is -2.40. The molecule has 126 valence electrons. The van der Waals surface area contributed by atoms with Crippen molar-refractivity contribution in [3.05, 3.63) is 17.7 Å². The molecular formula is C15H25ClN2O4. The Kier molecular flexibility index (Phi) is 8.67. The zero-order chi connectivity index (χ0) is 16.0. The summed E-state index contributed by atoms with van der Waals surface area (Å²) < 4.78 is 15.8. The third kappa shape index (κ3) is 4.68. The van der Waals surface area contributed by atoms with Gasteiger partial charge in [-0.15, -0.1) is 12.4 Å². The van der Waals surface area contributed by atoms with Gasteiger partial charge in [0.1, 0.15) is 0 Å². The van der Waals surface area contributed by atoms with E-state index in [0.717, 1.165) is 5.56 Å². The van der Waals surface area contributed by atoms with E-state index >= 15 is 0 Å². The van der Waals surface area contributed by atoms with E-state index in [1.54, 1.807) is 45.4 Å². The lowest BCUT2D eigenvalue weighted by atomic mass is 10.1. The predicted octanol–water partition coefficient (Wildman–Crippen LogP) is 1.48. The lowest BCUT2D eigenvalue weighted by molar-refractivity contribution is -0.130. The molecule has 6 nitrogen and oxygen atoms in total. The van der Waals surface area contributed by atoms with Crippen molar-refractivity contribution in [2.75, 3.05) is 34.9 Å². The molecule has 1 atom stereocenters. The first-order chi connectivity index (χ1) is 9.98. The highest BCUT2D eigenvalue weighted by atomic mass is 35.5. The summed E-state index contributed by atoms with van der Waals surface area (Å²) >= 11 is 0. The average molecular weight is 333 g/mol. The number of likely N-dealkylation sites (N-methyl/N-ethyl adjacent to an activating group) is 1. The second-order valence-corrected chi connectivity index (χ2v) is 4.80. The summed E-state index contributed by atoms with van der Waals surface area (Å²) in [6.07, 6.45) is 0.248. The van der Waals surface area contributed by atoms with Crippen LogP contribution in [-0.2, 0) is 11.2 Å². The molecule has 1 unspecified atom stereocenters. The van der Waals surface area contributed by atoms with Crippen molar-refractivity contribution in [3.63, 3.8) is 0 Å². The van der Waals surface area contributed by atoms with Gasteiger partial charge in [0.15, 0.2) is 11.5 Å². The highest BCUT2D eigenvalue weighted by Crippen LogP contribution is 2.38. The largest absolute Gasteiger partial charge is 0.493 e. The molecule has 0 spiro atoms. The van der Waals surface area contributed by atoms with Gasteiger partial charge in [-0.05, 0) is 24.6 Å². The van der Waals surface area contributed by atoms with Crippen LogP contribution >= 0.6 is 12.4 Å². The van der Waals surface area contributed by atoms with Crippen LogP contribution in [0.25, 0.3) is 0 Å². The molecule has 1 rings (SSSR count). The first-order valence-electron chi connectivity index (χ1n) is 6.73. The normalized spacial score (nSPS) is 11.2. The number of rotatable bonds is 7. The smallest absolute Gasteiger partial charge is 0.227 e. The number of hydrogen-bond acceptors (Lipinski definition) is 5. The second-order valence-electron chi connectivity index (χ2n) is 4.80. The first-order valence-corrected chi connectivity index (χ1v) is 6.73. The van der Waals surface area contributed by atoms with Crippen LogP contribution in [0.3, 0.4) is 0 Å². The third-order valence-corrected chi connectivity index (χ3v) is 3.48. The molecule has 0 aliphatic heterocycles. The molecule has 7 heteroatoms. The van der Waals surface area contributed by atoms with Crippen molar-refractivity contribution in [3.8, 4) is 17.2 Å². The van der Waals surface area contributed by atoms with Crippen molar-refractivity contribution in [2.24, 2.45) is 5.73 Å². The number of carbonyl (C=O) groups is 1.